The average Bonchev–Trinajstić information content (AvgIpc) is 3.26. The lowest BCUT2D eigenvalue weighted by atomic mass is 10.1. The van der Waals surface area contributed by atoms with Crippen LogP contribution in [0.5, 0.6) is 11.5 Å². The van der Waals surface area contributed by atoms with Gasteiger partial charge >= 0.3 is 0 Å². The van der Waals surface area contributed by atoms with Gasteiger partial charge in [-0.15, -0.1) is 5.10 Å². The van der Waals surface area contributed by atoms with Crippen LogP contribution in [0, 0.1) is 10.1 Å². The van der Waals surface area contributed by atoms with Gasteiger partial charge in [-0.2, -0.15) is 4.98 Å². The van der Waals surface area contributed by atoms with E-state index in [1.54, 1.807) is 25.3 Å². The fraction of sp³-hybridized carbons (Fsp3) is 0.250. The first-order valence-electron chi connectivity index (χ1n) is 9.44. The number of hydrogen-bond donors (Lipinski definition) is 3. The summed E-state index contributed by atoms with van der Waals surface area (Å²) in [5, 5.41) is 23.6. The molecule has 0 aliphatic carbocycles. The Bertz CT molecular complexity index is 1120. The van der Waals surface area contributed by atoms with Gasteiger partial charge in [0.05, 0.1) is 31.3 Å². The van der Waals surface area contributed by atoms with Crippen molar-refractivity contribution >= 4 is 23.2 Å². The highest BCUT2D eigenvalue weighted by Gasteiger charge is 2.19. The van der Waals surface area contributed by atoms with Gasteiger partial charge in [-0.3, -0.25) is 25.3 Å². The molecule has 0 aliphatic heterocycles. The molecule has 1 aromatic heterocycles. The van der Waals surface area contributed by atoms with E-state index in [1.807, 2.05) is 0 Å². The van der Waals surface area contributed by atoms with Gasteiger partial charge in [0.15, 0.2) is 5.82 Å². The van der Waals surface area contributed by atoms with E-state index in [0.29, 0.717) is 36.0 Å². The van der Waals surface area contributed by atoms with Crippen LogP contribution < -0.4 is 20.1 Å². The molecule has 1 amide bonds. The Morgan fingerprint density at radius 2 is 1.97 bits per heavy atom. The highest BCUT2D eigenvalue weighted by Crippen LogP contribution is 2.31. The Morgan fingerprint density at radius 3 is 2.66 bits per heavy atom. The van der Waals surface area contributed by atoms with Crippen LogP contribution in [0.25, 0.3) is 11.4 Å². The van der Waals surface area contributed by atoms with E-state index in [1.165, 1.54) is 32.4 Å². The summed E-state index contributed by atoms with van der Waals surface area (Å²) in [5.74, 6) is 0.894. The summed E-state index contributed by atoms with van der Waals surface area (Å²) >= 11 is 0. The summed E-state index contributed by atoms with van der Waals surface area (Å²) in [4.78, 5) is 27.7. The Hall–Kier alpha value is -4.19. The molecule has 12 nitrogen and oxygen atoms in total. The molecule has 0 atom stereocenters. The molecule has 0 bridgehead atoms. The molecule has 3 rings (SSSR count). The monoisotopic (exact) mass is 442 g/mol. The molecular weight excluding hydrogens is 420 g/mol. The second-order valence-electron chi connectivity index (χ2n) is 6.44. The second-order valence-corrected chi connectivity index (χ2v) is 6.44. The van der Waals surface area contributed by atoms with E-state index in [-0.39, 0.29) is 22.9 Å². The standard InChI is InChI=1S/C20H22N6O6/c1-30-9-8-21-15-7-4-12(10-16(15)26(28)29)19(27)23-20-22-18(24-25-20)14-6-5-13(31-2)11-17(14)32-3/h4-7,10-11,21H,8-9H2,1-3H3,(H2,22,23,24,25,27). The van der Waals surface area contributed by atoms with Crippen molar-refractivity contribution < 1.29 is 23.9 Å². The van der Waals surface area contributed by atoms with Gasteiger partial charge in [-0.1, -0.05) is 0 Å². The Kier molecular flexibility index (Phi) is 7.18. The van der Waals surface area contributed by atoms with E-state index < -0.39 is 10.8 Å². The van der Waals surface area contributed by atoms with Crippen LogP contribution in [-0.2, 0) is 4.74 Å². The highest BCUT2D eigenvalue weighted by atomic mass is 16.6. The van der Waals surface area contributed by atoms with E-state index >= 15 is 0 Å². The van der Waals surface area contributed by atoms with Crippen LogP contribution in [0.2, 0.25) is 0 Å². The number of carbonyl (C=O) groups is 1. The summed E-state index contributed by atoms with van der Waals surface area (Å²) in [5.41, 5.74) is 0.758. The van der Waals surface area contributed by atoms with Crippen LogP contribution in [-0.4, -0.2) is 60.5 Å². The summed E-state index contributed by atoms with van der Waals surface area (Å²) in [6.45, 7) is 0.767. The molecule has 3 N–H and O–H groups in total. The first kappa shape index (κ1) is 22.5. The van der Waals surface area contributed by atoms with Crippen molar-refractivity contribution in [2.24, 2.45) is 0 Å². The molecular formula is C20H22N6O6. The predicted molar refractivity (Wildman–Crippen MR) is 116 cm³/mol. The third-order valence-electron chi connectivity index (χ3n) is 4.45. The number of nitro groups is 1. The predicted octanol–water partition coefficient (Wildman–Crippen LogP) is 2.71. The Balaban J connectivity index is 1.78. The fourth-order valence-electron chi connectivity index (χ4n) is 2.87. The van der Waals surface area contributed by atoms with Gasteiger partial charge in [-0.05, 0) is 24.3 Å². The number of H-pyrrole nitrogens is 1. The van der Waals surface area contributed by atoms with Crippen LogP contribution in [0.1, 0.15) is 10.4 Å². The molecule has 0 spiro atoms. The minimum Gasteiger partial charge on any atom is -0.497 e. The lowest BCUT2D eigenvalue weighted by Gasteiger charge is -2.08. The van der Waals surface area contributed by atoms with Crippen LogP contribution in [0.3, 0.4) is 0 Å². The van der Waals surface area contributed by atoms with E-state index in [2.05, 4.69) is 25.8 Å². The fourth-order valence-corrected chi connectivity index (χ4v) is 2.87. The SMILES string of the molecule is COCCNc1ccc(C(=O)Nc2n[nH]c(-c3ccc(OC)cc3OC)n2)cc1[N+](=O)[O-]. The van der Waals surface area contributed by atoms with Crippen molar-refractivity contribution in [3.63, 3.8) is 0 Å². The number of amides is 1. The molecule has 0 saturated heterocycles. The zero-order valence-corrected chi connectivity index (χ0v) is 17.7. The molecule has 32 heavy (non-hydrogen) atoms. The number of rotatable bonds is 10. The Morgan fingerprint density at radius 1 is 1.16 bits per heavy atom. The largest absolute Gasteiger partial charge is 0.497 e. The van der Waals surface area contributed by atoms with Crippen molar-refractivity contribution in [3.8, 4) is 22.9 Å². The van der Waals surface area contributed by atoms with Crippen LogP contribution in [0.15, 0.2) is 36.4 Å². The number of aromatic amines is 1. The van der Waals surface area contributed by atoms with Crippen LogP contribution in [0.4, 0.5) is 17.3 Å². The summed E-state index contributed by atoms with van der Waals surface area (Å²) in [6.07, 6.45) is 0. The van der Waals surface area contributed by atoms with Crippen molar-refractivity contribution in [1.82, 2.24) is 15.2 Å². The number of nitrogens with zero attached hydrogens (tertiary/aromatic N) is 3. The lowest BCUT2D eigenvalue weighted by molar-refractivity contribution is -0.384. The summed E-state index contributed by atoms with van der Waals surface area (Å²) in [7, 11) is 4.59. The van der Waals surface area contributed by atoms with Gasteiger partial charge in [0.25, 0.3) is 11.6 Å². The highest BCUT2D eigenvalue weighted by molar-refractivity contribution is 6.04. The maximum Gasteiger partial charge on any atom is 0.293 e. The second kappa shape index (κ2) is 10.2. The zero-order chi connectivity index (χ0) is 23.1. The molecule has 0 saturated carbocycles. The number of nitro benzene ring substituents is 1. The first-order valence-corrected chi connectivity index (χ1v) is 9.44. The molecule has 0 unspecified atom stereocenters. The van der Waals surface area contributed by atoms with Gasteiger partial charge in [0, 0.05) is 31.4 Å². The quantitative estimate of drug-likeness (QED) is 0.244. The Labute approximate surface area is 183 Å². The van der Waals surface area contributed by atoms with E-state index in [4.69, 9.17) is 14.2 Å². The molecule has 0 aliphatic rings. The third kappa shape index (κ3) is 5.10. The number of aromatic nitrogens is 3. The molecule has 3 aromatic rings. The topological polar surface area (TPSA) is 154 Å². The average molecular weight is 442 g/mol. The number of carbonyl (C=O) groups excluding carboxylic acids is 1. The molecule has 0 fully saturated rings. The van der Waals surface area contributed by atoms with Crippen molar-refractivity contribution in [1.29, 1.82) is 0 Å². The van der Waals surface area contributed by atoms with Crippen molar-refractivity contribution in [3.05, 3.63) is 52.1 Å². The molecule has 2 aromatic carbocycles. The van der Waals surface area contributed by atoms with E-state index in [0.717, 1.165) is 0 Å². The minimum absolute atomic E-state index is 0.00724. The number of benzene rings is 2. The lowest BCUT2D eigenvalue weighted by Crippen LogP contribution is -2.14. The van der Waals surface area contributed by atoms with Crippen molar-refractivity contribution in [2.45, 2.75) is 0 Å². The number of methoxy groups -OCH3 is 3. The van der Waals surface area contributed by atoms with Gasteiger partial charge < -0.3 is 19.5 Å². The number of ether oxygens (including phenoxy) is 3. The number of nitrogens with one attached hydrogen (secondary N) is 3. The first-order chi connectivity index (χ1) is 15.5. The van der Waals surface area contributed by atoms with Crippen LogP contribution >= 0.6 is 0 Å². The van der Waals surface area contributed by atoms with Gasteiger partial charge in [0.1, 0.15) is 17.2 Å². The smallest absolute Gasteiger partial charge is 0.293 e. The number of hydrogen-bond acceptors (Lipinski definition) is 9. The molecule has 1 heterocycles. The third-order valence-corrected chi connectivity index (χ3v) is 4.45. The summed E-state index contributed by atoms with van der Waals surface area (Å²) < 4.78 is 15.5. The normalized spacial score (nSPS) is 10.5. The molecule has 0 radical (unpaired) electrons. The van der Waals surface area contributed by atoms with Gasteiger partial charge in [-0.25, -0.2) is 0 Å². The van der Waals surface area contributed by atoms with Gasteiger partial charge in [0.2, 0.25) is 5.95 Å². The maximum atomic E-state index is 12.6. The zero-order valence-electron chi connectivity index (χ0n) is 17.7. The molecule has 12 heteroatoms. The summed E-state index contributed by atoms with van der Waals surface area (Å²) in [6, 6.07) is 9.29. The maximum absolute atomic E-state index is 12.6. The number of anilines is 2. The van der Waals surface area contributed by atoms with Crippen molar-refractivity contribution in [2.75, 3.05) is 45.1 Å². The molecule has 168 valence electrons. The minimum atomic E-state index is -0.594. The van der Waals surface area contributed by atoms with E-state index in [9.17, 15) is 14.9 Å².